The van der Waals surface area contributed by atoms with E-state index in [1.54, 1.807) is 0 Å². The Kier molecular flexibility index (Phi) is 4.17. The van der Waals surface area contributed by atoms with Gasteiger partial charge in [0.1, 0.15) is 0 Å². The summed E-state index contributed by atoms with van der Waals surface area (Å²) in [6.07, 6.45) is 5.04. The number of para-hydroxylation sites is 1. The number of pyridine rings is 1. The minimum atomic E-state index is 0.514. The van der Waals surface area contributed by atoms with Gasteiger partial charge in [-0.25, -0.2) is 0 Å². The predicted molar refractivity (Wildman–Crippen MR) is 84.8 cm³/mol. The minimum absolute atomic E-state index is 0.514. The molecule has 0 amide bonds. The van der Waals surface area contributed by atoms with Crippen LogP contribution in [0.4, 0.5) is 0 Å². The topological polar surface area (TPSA) is 39.9 Å². The van der Waals surface area contributed by atoms with Crippen molar-refractivity contribution in [2.24, 2.45) is 0 Å². The second kappa shape index (κ2) is 6.24. The molecule has 1 heterocycles. The van der Waals surface area contributed by atoms with Gasteiger partial charge >= 0.3 is 0 Å². The molecule has 0 atom stereocenters. The Morgan fingerprint density at radius 3 is 2.81 bits per heavy atom. The first-order chi connectivity index (χ1) is 10.3. The first-order valence-corrected chi connectivity index (χ1v) is 7.74. The normalized spacial score (nSPS) is 15.7. The number of hydrogen-bond acceptors (Lipinski definition) is 3. The Bertz CT molecular complexity index is 666. The second-order valence-electron chi connectivity index (χ2n) is 5.94. The fraction of sp³-hybridized carbons (Fsp3) is 0.444. The lowest BCUT2D eigenvalue weighted by atomic mass is 10.1. The lowest BCUT2D eigenvalue weighted by molar-refractivity contribution is 0.215. The van der Waals surface area contributed by atoms with Crippen molar-refractivity contribution in [3.8, 4) is 6.07 Å². The third kappa shape index (κ3) is 3.06. The summed E-state index contributed by atoms with van der Waals surface area (Å²) in [5, 5.41) is 10.4. The summed E-state index contributed by atoms with van der Waals surface area (Å²) in [5.74, 6) is 0. The van der Waals surface area contributed by atoms with Gasteiger partial charge in [0.25, 0.3) is 0 Å². The van der Waals surface area contributed by atoms with E-state index < -0.39 is 0 Å². The van der Waals surface area contributed by atoms with Crippen molar-refractivity contribution in [3.63, 3.8) is 0 Å². The summed E-state index contributed by atoms with van der Waals surface area (Å²) in [6, 6.07) is 13.4. The number of fused-ring (bicyclic) bond motifs is 1. The van der Waals surface area contributed by atoms with Crippen molar-refractivity contribution >= 4 is 10.9 Å². The molecule has 108 valence electrons. The lowest BCUT2D eigenvalue weighted by Gasteiger charge is -2.26. The number of nitriles is 1. The van der Waals surface area contributed by atoms with E-state index in [1.807, 2.05) is 13.0 Å². The Hall–Kier alpha value is -1.92. The van der Waals surface area contributed by atoms with E-state index in [0.29, 0.717) is 12.6 Å². The molecular weight excluding hydrogens is 258 g/mol. The van der Waals surface area contributed by atoms with Crippen molar-refractivity contribution in [2.45, 2.75) is 45.2 Å². The van der Waals surface area contributed by atoms with E-state index in [2.05, 4.69) is 40.2 Å². The van der Waals surface area contributed by atoms with Gasteiger partial charge in [-0.3, -0.25) is 9.88 Å². The fourth-order valence-corrected chi connectivity index (χ4v) is 3.42. The summed E-state index contributed by atoms with van der Waals surface area (Å²) in [5.41, 5.74) is 3.39. The molecule has 0 aliphatic heterocycles. The van der Waals surface area contributed by atoms with Gasteiger partial charge < -0.3 is 0 Å². The summed E-state index contributed by atoms with van der Waals surface area (Å²) in [7, 11) is 0. The number of benzene rings is 1. The highest BCUT2D eigenvalue weighted by atomic mass is 15.2. The van der Waals surface area contributed by atoms with Gasteiger partial charge in [-0.15, -0.1) is 0 Å². The maximum Gasteiger partial charge on any atom is 0.0871 e. The van der Waals surface area contributed by atoms with Crippen molar-refractivity contribution in [2.75, 3.05) is 6.54 Å². The van der Waals surface area contributed by atoms with E-state index in [1.165, 1.54) is 36.6 Å². The van der Waals surface area contributed by atoms with Crippen LogP contribution in [0.15, 0.2) is 30.3 Å². The van der Waals surface area contributed by atoms with Gasteiger partial charge in [0.2, 0.25) is 0 Å². The quantitative estimate of drug-likeness (QED) is 0.799. The molecule has 1 aliphatic rings. The number of aryl methyl sites for hydroxylation is 1. The van der Waals surface area contributed by atoms with E-state index in [4.69, 9.17) is 5.26 Å². The van der Waals surface area contributed by atoms with Gasteiger partial charge in [0.05, 0.1) is 18.1 Å². The zero-order valence-electron chi connectivity index (χ0n) is 12.5. The number of aromatic nitrogens is 1. The standard InChI is InChI=1S/C18H21N3/c1-14-12-15(17-8-4-5-9-18(17)20-14)13-21(11-10-19)16-6-2-3-7-16/h4-5,8-9,12,16H,2-3,6-7,11,13H2,1H3. The average molecular weight is 279 g/mol. The minimum Gasteiger partial charge on any atom is -0.283 e. The molecule has 0 N–H and O–H groups in total. The molecule has 3 nitrogen and oxygen atoms in total. The molecule has 1 aromatic carbocycles. The fourth-order valence-electron chi connectivity index (χ4n) is 3.42. The maximum atomic E-state index is 9.14. The number of nitrogens with zero attached hydrogens (tertiary/aromatic N) is 3. The summed E-state index contributed by atoms with van der Waals surface area (Å²) in [6.45, 7) is 3.41. The molecule has 0 spiro atoms. The Balaban J connectivity index is 1.93. The Morgan fingerprint density at radius 2 is 2.05 bits per heavy atom. The van der Waals surface area contributed by atoms with Crippen LogP contribution in [0.2, 0.25) is 0 Å². The van der Waals surface area contributed by atoms with Crippen LogP contribution in [-0.2, 0) is 6.54 Å². The molecule has 0 unspecified atom stereocenters. The number of hydrogen-bond donors (Lipinski definition) is 0. The van der Waals surface area contributed by atoms with Crippen LogP contribution >= 0.6 is 0 Å². The SMILES string of the molecule is Cc1cc(CN(CC#N)C2CCCC2)c2ccccc2n1. The van der Waals surface area contributed by atoms with Gasteiger partial charge in [0.15, 0.2) is 0 Å². The molecule has 2 aromatic rings. The average Bonchev–Trinajstić information content (AvgIpc) is 3.00. The first-order valence-electron chi connectivity index (χ1n) is 7.74. The summed E-state index contributed by atoms with van der Waals surface area (Å²) in [4.78, 5) is 6.95. The molecule has 0 bridgehead atoms. The van der Waals surface area contributed by atoms with Crippen LogP contribution in [0.5, 0.6) is 0 Å². The Morgan fingerprint density at radius 1 is 1.29 bits per heavy atom. The second-order valence-corrected chi connectivity index (χ2v) is 5.94. The first kappa shape index (κ1) is 14.0. The van der Waals surface area contributed by atoms with Gasteiger partial charge in [-0.1, -0.05) is 31.0 Å². The van der Waals surface area contributed by atoms with Crippen LogP contribution < -0.4 is 0 Å². The molecule has 1 aliphatic carbocycles. The van der Waals surface area contributed by atoms with Crippen LogP contribution in [0.3, 0.4) is 0 Å². The van der Waals surface area contributed by atoms with Crippen LogP contribution in [0.1, 0.15) is 36.9 Å². The van der Waals surface area contributed by atoms with E-state index >= 15 is 0 Å². The van der Waals surface area contributed by atoms with Crippen LogP contribution in [0.25, 0.3) is 10.9 Å². The molecule has 1 saturated carbocycles. The van der Waals surface area contributed by atoms with Crippen LogP contribution in [-0.4, -0.2) is 22.5 Å². The molecule has 0 radical (unpaired) electrons. The largest absolute Gasteiger partial charge is 0.283 e. The molecule has 3 rings (SSSR count). The predicted octanol–water partition coefficient (Wildman–Crippen LogP) is 3.81. The summed E-state index contributed by atoms with van der Waals surface area (Å²) >= 11 is 0. The maximum absolute atomic E-state index is 9.14. The number of rotatable bonds is 4. The van der Waals surface area contributed by atoms with Crippen molar-refractivity contribution in [1.82, 2.24) is 9.88 Å². The van der Waals surface area contributed by atoms with Gasteiger partial charge in [-0.05, 0) is 37.5 Å². The van der Waals surface area contributed by atoms with E-state index in [9.17, 15) is 0 Å². The zero-order valence-corrected chi connectivity index (χ0v) is 12.5. The molecule has 1 aromatic heterocycles. The molecule has 0 saturated heterocycles. The van der Waals surface area contributed by atoms with Crippen molar-refractivity contribution in [3.05, 3.63) is 41.6 Å². The lowest BCUT2D eigenvalue weighted by Crippen LogP contribution is -2.33. The molecule has 3 heteroatoms. The highest BCUT2D eigenvalue weighted by Gasteiger charge is 2.23. The zero-order chi connectivity index (χ0) is 14.7. The molecule has 21 heavy (non-hydrogen) atoms. The van der Waals surface area contributed by atoms with Crippen LogP contribution in [0, 0.1) is 18.3 Å². The summed E-state index contributed by atoms with van der Waals surface area (Å²) < 4.78 is 0. The van der Waals surface area contributed by atoms with E-state index in [0.717, 1.165) is 17.8 Å². The van der Waals surface area contributed by atoms with Crippen molar-refractivity contribution in [1.29, 1.82) is 5.26 Å². The Labute approximate surface area is 126 Å². The monoisotopic (exact) mass is 279 g/mol. The van der Waals surface area contributed by atoms with Gasteiger partial charge in [-0.2, -0.15) is 5.26 Å². The smallest absolute Gasteiger partial charge is 0.0871 e. The van der Waals surface area contributed by atoms with Gasteiger partial charge in [0, 0.05) is 23.7 Å². The third-order valence-corrected chi connectivity index (χ3v) is 4.42. The third-order valence-electron chi connectivity index (χ3n) is 4.42. The molecule has 1 fully saturated rings. The highest BCUT2D eigenvalue weighted by molar-refractivity contribution is 5.82. The highest BCUT2D eigenvalue weighted by Crippen LogP contribution is 2.26. The van der Waals surface area contributed by atoms with E-state index in [-0.39, 0.29) is 0 Å². The van der Waals surface area contributed by atoms with Crippen molar-refractivity contribution < 1.29 is 0 Å². The molecular formula is C18H21N3.